The van der Waals surface area contributed by atoms with E-state index in [2.05, 4.69) is 6.07 Å². The van der Waals surface area contributed by atoms with E-state index in [9.17, 15) is 4.79 Å². The first-order chi connectivity index (χ1) is 11.7. The van der Waals surface area contributed by atoms with Crippen molar-refractivity contribution >= 4 is 17.5 Å². The summed E-state index contributed by atoms with van der Waals surface area (Å²) in [6.07, 6.45) is 1.32. The Bertz CT molecular complexity index is 777. The van der Waals surface area contributed by atoms with Crippen molar-refractivity contribution in [3.8, 4) is 11.5 Å². The highest BCUT2D eigenvalue weighted by Crippen LogP contribution is 2.37. The number of benzene rings is 2. The molecule has 2 aliphatic heterocycles. The Morgan fingerprint density at radius 1 is 1.17 bits per heavy atom. The molecule has 1 saturated heterocycles. The van der Waals surface area contributed by atoms with E-state index >= 15 is 0 Å². The molecule has 1 atom stereocenters. The molecule has 0 bridgehead atoms. The van der Waals surface area contributed by atoms with Gasteiger partial charge in [0.2, 0.25) is 12.7 Å². The van der Waals surface area contributed by atoms with E-state index in [4.69, 9.17) is 21.1 Å². The second kappa shape index (κ2) is 6.36. The Balaban J connectivity index is 1.43. The molecule has 4 rings (SSSR count). The first-order valence-electron chi connectivity index (χ1n) is 8.11. The zero-order valence-corrected chi connectivity index (χ0v) is 14.0. The van der Waals surface area contributed by atoms with Crippen molar-refractivity contribution in [2.75, 3.05) is 19.9 Å². The number of halogens is 1. The lowest BCUT2D eigenvalue weighted by atomic mass is 9.98. The molecule has 5 heteroatoms. The second-order valence-electron chi connectivity index (χ2n) is 6.21. The molecular weight excluding hydrogens is 326 g/mol. The SMILES string of the molecule is O=C(Cc1ccccc1Cl)N1CCC(c2ccc3c(c2)OCO3)C1. The molecule has 0 radical (unpaired) electrons. The van der Waals surface area contributed by atoms with Crippen molar-refractivity contribution in [1.82, 2.24) is 4.90 Å². The van der Waals surface area contributed by atoms with Gasteiger partial charge in [-0.15, -0.1) is 0 Å². The highest BCUT2D eigenvalue weighted by atomic mass is 35.5. The molecule has 124 valence electrons. The Morgan fingerprint density at radius 2 is 2.00 bits per heavy atom. The predicted octanol–water partition coefficient (Wildman–Crippen LogP) is 3.63. The molecule has 0 N–H and O–H groups in total. The van der Waals surface area contributed by atoms with Gasteiger partial charge in [0.05, 0.1) is 6.42 Å². The summed E-state index contributed by atoms with van der Waals surface area (Å²) in [5, 5.41) is 0.650. The van der Waals surface area contributed by atoms with Gasteiger partial charge in [-0.3, -0.25) is 4.79 Å². The zero-order valence-electron chi connectivity index (χ0n) is 13.2. The molecule has 1 unspecified atom stereocenters. The predicted molar refractivity (Wildman–Crippen MR) is 91.7 cm³/mol. The normalized spacial score (nSPS) is 18.9. The van der Waals surface area contributed by atoms with Gasteiger partial charge in [0.15, 0.2) is 11.5 Å². The summed E-state index contributed by atoms with van der Waals surface area (Å²) in [6, 6.07) is 13.6. The van der Waals surface area contributed by atoms with Crippen LogP contribution in [0.1, 0.15) is 23.5 Å². The van der Waals surface area contributed by atoms with Crippen molar-refractivity contribution in [3.05, 3.63) is 58.6 Å². The third kappa shape index (κ3) is 2.94. The minimum atomic E-state index is 0.131. The van der Waals surface area contributed by atoms with Crippen molar-refractivity contribution in [1.29, 1.82) is 0 Å². The number of carbonyl (C=O) groups excluding carboxylic acids is 1. The van der Waals surface area contributed by atoms with Crippen LogP contribution < -0.4 is 9.47 Å². The monoisotopic (exact) mass is 343 g/mol. The number of amides is 1. The van der Waals surface area contributed by atoms with Gasteiger partial charge in [0.1, 0.15) is 0 Å². The Hall–Kier alpha value is -2.20. The van der Waals surface area contributed by atoms with Crippen LogP contribution in [0, 0.1) is 0 Å². The Morgan fingerprint density at radius 3 is 2.88 bits per heavy atom. The van der Waals surface area contributed by atoms with Crippen LogP contribution in [0.15, 0.2) is 42.5 Å². The zero-order chi connectivity index (χ0) is 16.5. The number of carbonyl (C=O) groups is 1. The summed E-state index contributed by atoms with van der Waals surface area (Å²) in [5.41, 5.74) is 2.09. The van der Waals surface area contributed by atoms with Crippen LogP contribution in [-0.4, -0.2) is 30.7 Å². The molecule has 0 spiro atoms. The minimum Gasteiger partial charge on any atom is -0.454 e. The average Bonchev–Trinajstić information content (AvgIpc) is 3.25. The fourth-order valence-electron chi connectivity index (χ4n) is 3.34. The standard InChI is InChI=1S/C19H18ClNO3/c20-16-4-2-1-3-14(16)10-19(22)21-8-7-15(11-21)13-5-6-17-18(9-13)24-12-23-17/h1-6,9,15H,7-8,10-12H2. The van der Waals surface area contributed by atoms with Crippen molar-refractivity contribution in [3.63, 3.8) is 0 Å². The summed E-state index contributed by atoms with van der Waals surface area (Å²) in [5.74, 6) is 2.07. The van der Waals surface area contributed by atoms with Gasteiger partial charge in [-0.1, -0.05) is 35.9 Å². The molecule has 24 heavy (non-hydrogen) atoms. The summed E-state index contributed by atoms with van der Waals surface area (Å²) in [4.78, 5) is 14.5. The van der Waals surface area contributed by atoms with Gasteiger partial charge in [-0.25, -0.2) is 0 Å². The number of likely N-dealkylation sites (tertiary alicyclic amines) is 1. The lowest BCUT2D eigenvalue weighted by Crippen LogP contribution is -2.29. The van der Waals surface area contributed by atoms with E-state index in [1.54, 1.807) is 0 Å². The molecule has 1 fully saturated rings. The molecule has 2 heterocycles. The topological polar surface area (TPSA) is 38.8 Å². The van der Waals surface area contributed by atoms with Crippen LogP contribution >= 0.6 is 11.6 Å². The number of hydrogen-bond acceptors (Lipinski definition) is 3. The maximum Gasteiger partial charge on any atom is 0.231 e. The summed E-state index contributed by atoms with van der Waals surface area (Å²) in [6.45, 7) is 1.80. The van der Waals surface area contributed by atoms with E-state index < -0.39 is 0 Å². The number of nitrogens with zero attached hydrogens (tertiary/aromatic N) is 1. The first-order valence-corrected chi connectivity index (χ1v) is 8.49. The molecule has 0 aromatic heterocycles. The molecule has 1 amide bonds. The summed E-state index contributed by atoms with van der Waals surface area (Å²) >= 11 is 6.16. The number of hydrogen-bond donors (Lipinski definition) is 0. The fraction of sp³-hybridized carbons (Fsp3) is 0.316. The Labute approximate surface area is 145 Å². The lowest BCUT2D eigenvalue weighted by Gasteiger charge is -2.17. The number of ether oxygens (including phenoxy) is 2. The van der Waals surface area contributed by atoms with Gasteiger partial charge in [-0.2, -0.15) is 0 Å². The van der Waals surface area contributed by atoms with Gasteiger partial charge in [0.25, 0.3) is 0 Å². The van der Waals surface area contributed by atoms with Crippen LogP contribution in [0.4, 0.5) is 0 Å². The molecule has 4 nitrogen and oxygen atoms in total. The number of rotatable bonds is 3. The highest BCUT2D eigenvalue weighted by molar-refractivity contribution is 6.31. The second-order valence-corrected chi connectivity index (χ2v) is 6.61. The van der Waals surface area contributed by atoms with Gasteiger partial charge in [0, 0.05) is 24.0 Å². The Kier molecular flexibility index (Phi) is 4.07. The summed E-state index contributed by atoms with van der Waals surface area (Å²) < 4.78 is 10.8. The lowest BCUT2D eigenvalue weighted by molar-refractivity contribution is -0.129. The largest absolute Gasteiger partial charge is 0.454 e. The van der Waals surface area contributed by atoms with Gasteiger partial charge in [-0.05, 0) is 35.7 Å². The molecule has 2 aromatic rings. The van der Waals surface area contributed by atoms with E-state index in [1.807, 2.05) is 41.3 Å². The van der Waals surface area contributed by atoms with Crippen molar-refractivity contribution in [2.45, 2.75) is 18.8 Å². The third-order valence-corrected chi connectivity index (χ3v) is 5.08. The maximum atomic E-state index is 12.6. The molecule has 2 aromatic carbocycles. The molecular formula is C19H18ClNO3. The highest BCUT2D eigenvalue weighted by Gasteiger charge is 2.28. The average molecular weight is 344 g/mol. The van der Waals surface area contributed by atoms with Crippen molar-refractivity contribution in [2.24, 2.45) is 0 Å². The van der Waals surface area contributed by atoms with E-state index in [0.29, 0.717) is 17.4 Å². The molecule has 0 saturated carbocycles. The smallest absolute Gasteiger partial charge is 0.231 e. The molecule has 0 aliphatic carbocycles. The summed E-state index contributed by atoms with van der Waals surface area (Å²) in [7, 11) is 0. The van der Waals surface area contributed by atoms with Crippen LogP contribution in [0.3, 0.4) is 0 Å². The quantitative estimate of drug-likeness (QED) is 0.854. The van der Waals surface area contributed by atoms with Crippen LogP contribution in [0.25, 0.3) is 0 Å². The van der Waals surface area contributed by atoms with E-state index in [-0.39, 0.29) is 12.7 Å². The van der Waals surface area contributed by atoms with Crippen LogP contribution in [0.2, 0.25) is 5.02 Å². The fourth-order valence-corrected chi connectivity index (χ4v) is 3.54. The van der Waals surface area contributed by atoms with Crippen LogP contribution in [0.5, 0.6) is 11.5 Å². The molecule has 2 aliphatic rings. The van der Waals surface area contributed by atoms with Crippen LogP contribution in [-0.2, 0) is 11.2 Å². The van der Waals surface area contributed by atoms with E-state index in [1.165, 1.54) is 5.56 Å². The van der Waals surface area contributed by atoms with Gasteiger partial charge >= 0.3 is 0 Å². The minimum absolute atomic E-state index is 0.131. The van der Waals surface area contributed by atoms with Gasteiger partial charge < -0.3 is 14.4 Å². The van der Waals surface area contributed by atoms with E-state index in [0.717, 1.165) is 36.6 Å². The third-order valence-electron chi connectivity index (χ3n) is 4.71. The van der Waals surface area contributed by atoms with Crippen molar-refractivity contribution < 1.29 is 14.3 Å². The number of fused-ring (bicyclic) bond motifs is 1. The maximum absolute atomic E-state index is 12.6. The first kappa shape index (κ1) is 15.3.